The first kappa shape index (κ1) is 20.5. The standard InChI is InChI=1S/C26H26N2O4/c1-2-14-31-19-7-5-6-18(15-19)23-22-24(29)20-8-3-4-9-21(20)32-25(22)26(30)28(23)16-17-10-12-27-13-11-17/h2,5-7,10-13,15,20-21,23H,1,3-4,8-9,14,16H2. The normalized spacial score (nSPS) is 24.6. The fourth-order valence-electron chi connectivity index (χ4n) is 5.02. The Kier molecular flexibility index (Phi) is 5.52. The summed E-state index contributed by atoms with van der Waals surface area (Å²) in [6.45, 7) is 4.44. The second-order valence-corrected chi connectivity index (χ2v) is 8.52. The molecule has 0 bridgehead atoms. The third-order valence-corrected chi connectivity index (χ3v) is 6.50. The van der Waals surface area contributed by atoms with Crippen LogP contribution in [-0.2, 0) is 20.9 Å². The van der Waals surface area contributed by atoms with Crippen LogP contribution in [0.25, 0.3) is 0 Å². The van der Waals surface area contributed by atoms with E-state index in [1.165, 1.54) is 0 Å². The predicted octanol–water partition coefficient (Wildman–Crippen LogP) is 4.14. The molecule has 5 rings (SSSR count). The number of fused-ring (bicyclic) bond motifs is 1. The molecule has 3 heterocycles. The van der Waals surface area contributed by atoms with Gasteiger partial charge in [-0.05, 0) is 54.7 Å². The lowest BCUT2D eigenvalue weighted by molar-refractivity contribution is -0.135. The number of amides is 1. The van der Waals surface area contributed by atoms with Crippen molar-refractivity contribution < 1.29 is 19.1 Å². The minimum Gasteiger partial charge on any atom is -0.490 e. The van der Waals surface area contributed by atoms with Crippen molar-refractivity contribution in [1.29, 1.82) is 0 Å². The zero-order chi connectivity index (χ0) is 22.1. The summed E-state index contributed by atoms with van der Waals surface area (Å²) in [7, 11) is 0. The molecule has 1 amide bonds. The van der Waals surface area contributed by atoms with Gasteiger partial charge in [-0.25, -0.2) is 0 Å². The van der Waals surface area contributed by atoms with Gasteiger partial charge in [0.25, 0.3) is 5.91 Å². The number of ketones is 1. The maximum absolute atomic E-state index is 13.7. The van der Waals surface area contributed by atoms with Gasteiger partial charge in [-0.1, -0.05) is 31.2 Å². The lowest BCUT2D eigenvalue weighted by Gasteiger charge is -2.35. The lowest BCUT2D eigenvalue weighted by Crippen LogP contribution is -2.39. The molecule has 0 radical (unpaired) electrons. The maximum atomic E-state index is 13.7. The van der Waals surface area contributed by atoms with Crippen molar-refractivity contribution in [3.05, 3.63) is 83.9 Å². The maximum Gasteiger partial charge on any atom is 0.290 e. The van der Waals surface area contributed by atoms with Crippen LogP contribution in [0.2, 0.25) is 0 Å². The fraction of sp³-hybridized carbons (Fsp3) is 0.346. The van der Waals surface area contributed by atoms with Gasteiger partial charge >= 0.3 is 0 Å². The van der Waals surface area contributed by atoms with E-state index in [0.29, 0.717) is 24.5 Å². The van der Waals surface area contributed by atoms with Crippen molar-refractivity contribution in [3.63, 3.8) is 0 Å². The van der Waals surface area contributed by atoms with Crippen LogP contribution in [0.4, 0.5) is 0 Å². The van der Waals surface area contributed by atoms with Gasteiger partial charge in [0, 0.05) is 18.9 Å². The summed E-state index contributed by atoms with van der Waals surface area (Å²) in [6, 6.07) is 10.8. The largest absolute Gasteiger partial charge is 0.490 e. The van der Waals surface area contributed by atoms with E-state index >= 15 is 0 Å². The van der Waals surface area contributed by atoms with Crippen LogP contribution >= 0.6 is 0 Å². The zero-order valence-corrected chi connectivity index (χ0v) is 17.9. The smallest absolute Gasteiger partial charge is 0.290 e. The molecule has 32 heavy (non-hydrogen) atoms. The Hall–Kier alpha value is -3.41. The number of carbonyl (C=O) groups excluding carboxylic acids is 2. The van der Waals surface area contributed by atoms with Crippen LogP contribution < -0.4 is 4.74 Å². The summed E-state index contributed by atoms with van der Waals surface area (Å²) in [4.78, 5) is 33.0. The number of aromatic nitrogens is 1. The SMILES string of the molecule is C=CCOc1cccc(C2C3=C(OC4CCCCC4C3=O)C(=O)N2Cc2ccncc2)c1. The Morgan fingerprint density at radius 3 is 2.78 bits per heavy atom. The van der Waals surface area contributed by atoms with Gasteiger partial charge in [0.2, 0.25) is 0 Å². The molecule has 0 saturated heterocycles. The van der Waals surface area contributed by atoms with Crippen molar-refractivity contribution in [3.8, 4) is 5.75 Å². The third-order valence-electron chi connectivity index (χ3n) is 6.50. The van der Waals surface area contributed by atoms with Gasteiger partial charge in [0.1, 0.15) is 18.5 Å². The van der Waals surface area contributed by atoms with Gasteiger partial charge in [-0.3, -0.25) is 14.6 Å². The Morgan fingerprint density at radius 2 is 1.97 bits per heavy atom. The molecule has 3 atom stereocenters. The van der Waals surface area contributed by atoms with Gasteiger partial charge in [0.05, 0.1) is 17.5 Å². The van der Waals surface area contributed by atoms with Crippen molar-refractivity contribution in [1.82, 2.24) is 9.88 Å². The molecule has 1 aromatic heterocycles. The van der Waals surface area contributed by atoms with Crippen molar-refractivity contribution >= 4 is 11.7 Å². The molecule has 1 aromatic carbocycles. The summed E-state index contributed by atoms with van der Waals surface area (Å²) < 4.78 is 11.9. The van der Waals surface area contributed by atoms with Crippen LogP contribution in [-0.4, -0.2) is 34.3 Å². The predicted molar refractivity (Wildman–Crippen MR) is 119 cm³/mol. The van der Waals surface area contributed by atoms with Gasteiger partial charge in [-0.15, -0.1) is 0 Å². The molecule has 0 spiro atoms. The number of hydrogen-bond donors (Lipinski definition) is 0. The number of ether oxygens (including phenoxy) is 2. The summed E-state index contributed by atoms with van der Waals surface area (Å²) in [5, 5.41) is 0. The number of nitrogens with zero attached hydrogens (tertiary/aromatic N) is 2. The van der Waals surface area contributed by atoms with Crippen LogP contribution in [0.3, 0.4) is 0 Å². The van der Waals surface area contributed by atoms with Crippen molar-refractivity contribution in [2.24, 2.45) is 5.92 Å². The summed E-state index contributed by atoms with van der Waals surface area (Å²) in [6.07, 6.45) is 8.58. The molecule has 2 aromatic rings. The minimum atomic E-state index is -0.506. The molecule has 3 aliphatic rings. The summed E-state index contributed by atoms with van der Waals surface area (Å²) >= 11 is 0. The first-order chi connectivity index (χ1) is 15.7. The molecule has 1 aliphatic carbocycles. The average Bonchev–Trinajstić information content (AvgIpc) is 3.10. The lowest BCUT2D eigenvalue weighted by atomic mass is 9.77. The Morgan fingerprint density at radius 1 is 1.16 bits per heavy atom. The second-order valence-electron chi connectivity index (χ2n) is 8.52. The fourth-order valence-corrected chi connectivity index (χ4v) is 5.02. The molecule has 1 saturated carbocycles. The van der Waals surface area contributed by atoms with Crippen LogP contribution in [0.1, 0.15) is 42.9 Å². The topological polar surface area (TPSA) is 68.7 Å². The van der Waals surface area contributed by atoms with E-state index in [1.807, 2.05) is 36.4 Å². The highest BCUT2D eigenvalue weighted by molar-refractivity contribution is 6.11. The highest BCUT2D eigenvalue weighted by Gasteiger charge is 2.51. The number of pyridine rings is 1. The summed E-state index contributed by atoms with van der Waals surface area (Å²) in [5.41, 5.74) is 2.28. The number of rotatable bonds is 6. The van der Waals surface area contributed by atoms with Crippen LogP contribution in [0.5, 0.6) is 5.75 Å². The van der Waals surface area contributed by atoms with E-state index in [-0.39, 0.29) is 29.5 Å². The first-order valence-electron chi connectivity index (χ1n) is 11.2. The van der Waals surface area contributed by atoms with E-state index < -0.39 is 6.04 Å². The minimum absolute atomic E-state index is 0.0592. The Labute approximate surface area is 187 Å². The van der Waals surface area contributed by atoms with Gasteiger partial charge in [0.15, 0.2) is 11.5 Å². The molecule has 2 aliphatic heterocycles. The van der Waals surface area contributed by atoms with E-state index in [2.05, 4.69) is 11.6 Å². The quantitative estimate of drug-likeness (QED) is 0.644. The number of Topliss-reactive ketones (excluding diaryl/α,β-unsaturated/α-hetero) is 1. The van der Waals surface area contributed by atoms with E-state index in [1.54, 1.807) is 23.4 Å². The molecule has 3 unspecified atom stereocenters. The first-order valence-corrected chi connectivity index (χ1v) is 11.2. The average molecular weight is 431 g/mol. The Bertz CT molecular complexity index is 1080. The molecular weight excluding hydrogens is 404 g/mol. The molecule has 164 valence electrons. The van der Waals surface area contributed by atoms with E-state index in [9.17, 15) is 9.59 Å². The molecular formula is C26H26N2O4. The van der Waals surface area contributed by atoms with E-state index in [4.69, 9.17) is 9.47 Å². The van der Waals surface area contributed by atoms with Crippen LogP contribution in [0.15, 0.2) is 72.8 Å². The number of hydrogen-bond acceptors (Lipinski definition) is 5. The number of carbonyl (C=O) groups is 2. The second kappa shape index (κ2) is 8.61. The zero-order valence-electron chi connectivity index (χ0n) is 17.9. The highest BCUT2D eigenvalue weighted by Crippen LogP contribution is 2.47. The van der Waals surface area contributed by atoms with Gasteiger partial charge in [-0.2, -0.15) is 0 Å². The third kappa shape index (κ3) is 3.60. The molecule has 0 N–H and O–H groups in total. The molecule has 6 heteroatoms. The Balaban J connectivity index is 1.57. The van der Waals surface area contributed by atoms with Crippen LogP contribution in [0, 0.1) is 5.92 Å². The summed E-state index contributed by atoms with van der Waals surface area (Å²) in [5.74, 6) is 0.571. The number of benzene rings is 1. The van der Waals surface area contributed by atoms with Gasteiger partial charge < -0.3 is 14.4 Å². The van der Waals surface area contributed by atoms with E-state index in [0.717, 1.165) is 36.8 Å². The molecule has 1 fully saturated rings. The van der Waals surface area contributed by atoms with Crippen molar-refractivity contribution in [2.75, 3.05) is 6.61 Å². The monoisotopic (exact) mass is 430 g/mol. The van der Waals surface area contributed by atoms with Crippen molar-refractivity contribution in [2.45, 2.75) is 44.4 Å². The highest BCUT2D eigenvalue weighted by atomic mass is 16.5. The molecule has 6 nitrogen and oxygen atoms in total.